The molecule has 0 amide bonds. The Morgan fingerprint density at radius 1 is 1.16 bits per heavy atom. The molecule has 1 aromatic heterocycles. The maximum atomic E-state index is 13.8. The lowest BCUT2D eigenvalue weighted by Gasteiger charge is -2.12. The predicted molar refractivity (Wildman–Crippen MR) is 92.4 cm³/mol. The summed E-state index contributed by atoms with van der Waals surface area (Å²) in [5.41, 5.74) is 0.826. The Morgan fingerprint density at radius 2 is 1.88 bits per heavy atom. The maximum absolute atomic E-state index is 13.8. The summed E-state index contributed by atoms with van der Waals surface area (Å²) in [5, 5.41) is 3.56. The van der Waals surface area contributed by atoms with E-state index in [9.17, 15) is 8.78 Å². The summed E-state index contributed by atoms with van der Waals surface area (Å²) in [5.74, 6) is 0.782. The van der Waals surface area contributed by atoms with Crippen LogP contribution in [0.15, 0.2) is 47.0 Å². The molecule has 3 aromatic rings. The number of methoxy groups -OCH3 is 1. The Balaban J connectivity index is 1.69. The molecule has 130 valence electrons. The van der Waals surface area contributed by atoms with Crippen LogP contribution in [0.5, 0.6) is 5.75 Å². The van der Waals surface area contributed by atoms with Crippen molar-refractivity contribution < 1.29 is 18.0 Å². The van der Waals surface area contributed by atoms with Crippen molar-refractivity contribution in [2.24, 2.45) is 0 Å². The fourth-order valence-electron chi connectivity index (χ4n) is 2.37. The Bertz CT molecular complexity index is 850. The number of benzene rings is 2. The standard InChI is InChI=1S/C18H16F2N2O2S/c1-11(17-14(19)7-4-8-15(17)20)25-10-16-21-18(22-24-16)12-5-3-6-13(9-12)23-2/h3-9,11H,10H2,1-2H3. The van der Waals surface area contributed by atoms with E-state index in [1.807, 2.05) is 18.2 Å². The number of halogens is 2. The third kappa shape index (κ3) is 3.99. The van der Waals surface area contributed by atoms with Crippen LogP contribution in [0.25, 0.3) is 11.4 Å². The predicted octanol–water partition coefficient (Wildman–Crippen LogP) is 5.02. The van der Waals surface area contributed by atoms with Crippen LogP contribution >= 0.6 is 11.8 Å². The van der Waals surface area contributed by atoms with Crippen molar-refractivity contribution in [3.05, 3.63) is 65.6 Å². The van der Waals surface area contributed by atoms with Crippen molar-refractivity contribution >= 4 is 11.8 Å². The lowest BCUT2D eigenvalue weighted by atomic mass is 10.1. The molecule has 0 radical (unpaired) electrons. The zero-order valence-electron chi connectivity index (χ0n) is 13.7. The summed E-state index contributed by atoms with van der Waals surface area (Å²) < 4.78 is 38.0. The molecule has 1 atom stereocenters. The van der Waals surface area contributed by atoms with Gasteiger partial charge in [-0.25, -0.2) is 8.78 Å². The number of hydrogen-bond acceptors (Lipinski definition) is 5. The van der Waals surface area contributed by atoms with Gasteiger partial charge in [0, 0.05) is 16.4 Å². The van der Waals surface area contributed by atoms with E-state index in [1.165, 1.54) is 30.0 Å². The maximum Gasteiger partial charge on any atom is 0.236 e. The number of hydrogen-bond donors (Lipinski definition) is 0. The zero-order chi connectivity index (χ0) is 17.8. The van der Waals surface area contributed by atoms with E-state index in [4.69, 9.17) is 9.26 Å². The first-order chi connectivity index (χ1) is 12.1. The summed E-state index contributed by atoms with van der Waals surface area (Å²) in [6, 6.07) is 11.2. The second-order valence-corrected chi connectivity index (χ2v) is 6.66. The molecule has 0 aliphatic rings. The third-order valence-corrected chi connectivity index (χ3v) is 4.81. The van der Waals surface area contributed by atoms with Crippen LogP contribution in [-0.2, 0) is 5.75 Å². The molecule has 0 aliphatic carbocycles. The van der Waals surface area contributed by atoms with Crippen LogP contribution in [0.4, 0.5) is 8.78 Å². The number of aromatic nitrogens is 2. The minimum absolute atomic E-state index is 0.0556. The average molecular weight is 362 g/mol. The van der Waals surface area contributed by atoms with Gasteiger partial charge in [0.05, 0.1) is 12.9 Å². The molecule has 0 saturated heterocycles. The summed E-state index contributed by atoms with van der Waals surface area (Å²) >= 11 is 1.33. The van der Waals surface area contributed by atoms with Crippen LogP contribution in [0, 0.1) is 11.6 Å². The topological polar surface area (TPSA) is 48.2 Å². The number of nitrogens with zero attached hydrogens (tertiary/aromatic N) is 2. The third-order valence-electron chi connectivity index (χ3n) is 3.66. The molecule has 7 heteroatoms. The Hall–Kier alpha value is -2.41. The zero-order valence-corrected chi connectivity index (χ0v) is 14.5. The van der Waals surface area contributed by atoms with Gasteiger partial charge in [-0.15, -0.1) is 11.8 Å². The molecule has 0 N–H and O–H groups in total. The van der Waals surface area contributed by atoms with E-state index < -0.39 is 11.6 Å². The Kier molecular flexibility index (Phi) is 5.33. The van der Waals surface area contributed by atoms with E-state index in [0.717, 1.165) is 5.56 Å². The largest absolute Gasteiger partial charge is 0.497 e. The van der Waals surface area contributed by atoms with Gasteiger partial charge in [-0.1, -0.05) is 23.4 Å². The first-order valence-electron chi connectivity index (χ1n) is 7.61. The second kappa shape index (κ2) is 7.65. The molecule has 25 heavy (non-hydrogen) atoms. The number of thioether (sulfide) groups is 1. The van der Waals surface area contributed by atoms with Gasteiger partial charge >= 0.3 is 0 Å². The van der Waals surface area contributed by atoms with Gasteiger partial charge in [0.2, 0.25) is 11.7 Å². The molecule has 4 nitrogen and oxygen atoms in total. The van der Waals surface area contributed by atoms with E-state index >= 15 is 0 Å². The first kappa shape index (κ1) is 17.4. The molecular formula is C18H16F2N2O2S. The van der Waals surface area contributed by atoms with Gasteiger partial charge in [0.1, 0.15) is 17.4 Å². The van der Waals surface area contributed by atoms with Gasteiger partial charge in [0.15, 0.2) is 0 Å². The minimum Gasteiger partial charge on any atom is -0.497 e. The first-order valence-corrected chi connectivity index (χ1v) is 8.66. The molecule has 3 rings (SSSR count). The quantitative estimate of drug-likeness (QED) is 0.616. The van der Waals surface area contributed by atoms with E-state index in [0.29, 0.717) is 23.2 Å². The second-order valence-electron chi connectivity index (χ2n) is 5.33. The van der Waals surface area contributed by atoms with Crippen LogP contribution in [-0.4, -0.2) is 17.3 Å². The summed E-state index contributed by atoms with van der Waals surface area (Å²) in [6.07, 6.45) is 0. The minimum atomic E-state index is -0.553. The Labute approximate surface area is 148 Å². The highest BCUT2D eigenvalue weighted by Crippen LogP contribution is 2.34. The highest BCUT2D eigenvalue weighted by atomic mass is 32.2. The lowest BCUT2D eigenvalue weighted by Crippen LogP contribution is -1.98. The molecule has 0 saturated carbocycles. The average Bonchev–Trinajstić information content (AvgIpc) is 3.09. The van der Waals surface area contributed by atoms with Crippen molar-refractivity contribution in [3.8, 4) is 17.1 Å². The summed E-state index contributed by atoms with van der Waals surface area (Å²) in [6.45, 7) is 1.74. The highest BCUT2D eigenvalue weighted by molar-refractivity contribution is 7.98. The van der Waals surface area contributed by atoms with Crippen molar-refractivity contribution in [3.63, 3.8) is 0 Å². The molecule has 1 heterocycles. The van der Waals surface area contributed by atoms with Crippen molar-refractivity contribution in [1.29, 1.82) is 0 Å². The molecular weight excluding hydrogens is 346 g/mol. The molecule has 0 spiro atoms. The van der Waals surface area contributed by atoms with Gasteiger partial charge in [-0.3, -0.25) is 0 Å². The van der Waals surface area contributed by atoms with Crippen molar-refractivity contribution in [2.75, 3.05) is 7.11 Å². The van der Waals surface area contributed by atoms with Crippen molar-refractivity contribution in [2.45, 2.75) is 17.9 Å². The molecule has 2 aromatic carbocycles. The smallest absolute Gasteiger partial charge is 0.236 e. The molecule has 0 bridgehead atoms. The fourth-order valence-corrected chi connectivity index (χ4v) is 3.27. The van der Waals surface area contributed by atoms with Crippen LogP contribution in [0.3, 0.4) is 0 Å². The van der Waals surface area contributed by atoms with Gasteiger partial charge in [-0.05, 0) is 31.2 Å². The SMILES string of the molecule is COc1cccc(-c2noc(CSC(C)c3c(F)cccc3F)n2)c1. The fraction of sp³-hybridized carbons (Fsp3) is 0.222. The highest BCUT2D eigenvalue weighted by Gasteiger charge is 2.18. The van der Waals surface area contributed by atoms with E-state index in [-0.39, 0.29) is 10.8 Å². The summed E-state index contributed by atoms with van der Waals surface area (Å²) in [7, 11) is 1.58. The Morgan fingerprint density at radius 3 is 2.60 bits per heavy atom. The molecule has 0 fully saturated rings. The number of rotatable bonds is 6. The lowest BCUT2D eigenvalue weighted by molar-refractivity contribution is 0.391. The normalized spacial score (nSPS) is 12.2. The van der Waals surface area contributed by atoms with Crippen LogP contribution in [0.1, 0.15) is 23.6 Å². The molecule has 1 unspecified atom stereocenters. The van der Waals surface area contributed by atoms with Crippen LogP contribution in [0.2, 0.25) is 0 Å². The van der Waals surface area contributed by atoms with E-state index in [1.54, 1.807) is 20.1 Å². The van der Waals surface area contributed by atoms with E-state index in [2.05, 4.69) is 10.1 Å². The number of ether oxygens (including phenoxy) is 1. The molecule has 0 aliphatic heterocycles. The van der Waals surface area contributed by atoms with Gasteiger partial charge < -0.3 is 9.26 Å². The van der Waals surface area contributed by atoms with Crippen LogP contribution < -0.4 is 4.74 Å². The van der Waals surface area contributed by atoms with Crippen molar-refractivity contribution in [1.82, 2.24) is 10.1 Å². The van der Waals surface area contributed by atoms with Gasteiger partial charge in [-0.2, -0.15) is 4.98 Å². The monoisotopic (exact) mass is 362 g/mol. The van der Waals surface area contributed by atoms with Gasteiger partial charge in [0.25, 0.3) is 0 Å². The summed E-state index contributed by atoms with van der Waals surface area (Å²) in [4.78, 5) is 4.32.